The second kappa shape index (κ2) is 3.57. The summed E-state index contributed by atoms with van der Waals surface area (Å²) in [4.78, 5) is 0. The molecule has 1 aromatic heterocycles. The number of rotatable bonds is 2. The van der Waals surface area contributed by atoms with Gasteiger partial charge in [-0.1, -0.05) is 12.1 Å². The van der Waals surface area contributed by atoms with Gasteiger partial charge in [0.25, 0.3) is 0 Å². The summed E-state index contributed by atoms with van der Waals surface area (Å²) in [5.74, 6) is 1.42. The normalized spacial score (nSPS) is 12.0. The summed E-state index contributed by atoms with van der Waals surface area (Å²) < 4.78 is 5.56. The first kappa shape index (κ1) is 8.33. The molecule has 1 aromatic rings. The molecule has 3 nitrogen and oxygen atoms in total. The second-order valence-corrected chi connectivity index (χ2v) is 2.76. The predicted molar refractivity (Wildman–Crippen MR) is 45.3 cm³/mol. The largest absolute Gasteiger partial charge is 0.459 e. The molecule has 1 N–H and O–H groups in total. The molecule has 11 heavy (non-hydrogen) atoms. The van der Waals surface area contributed by atoms with E-state index in [4.69, 9.17) is 9.62 Å². The van der Waals surface area contributed by atoms with E-state index >= 15 is 0 Å². The first-order chi connectivity index (χ1) is 5.27. The van der Waals surface area contributed by atoms with Crippen LogP contribution in [-0.4, -0.2) is 9.83 Å². The maximum Gasteiger partial charge on any atom is 0.187 e. The molecule has 0 spiro atoms. The van der Waals surface area contributed by atoms with Gasteiger partial charge in [0.05, 0.1) is 0 Å². The van der Waals surface area contributed by atoms with Gasteiger partial charge < -0.3 is 9.62 Å². The number of aryl methyl sites for hydroxylation is 1. The van der Waals surface area contributed by atoms with Crippen LogP contribution in [0.4, 0.5) is 0 Å². The van der Waals surface area contributed by atoms with Crippen LogP contribution in [0.25, 0.3) is 0 Å². The van der Waals surface area contributed by atoms with Crippen molar-refractivity contribution in [1.29, 1.82) is 0 Å². The van der Waals surface area contributed by atoms with Crippen molar-refractivity contribution < 1.29 is 9.62 Å². The van der Waals surface area contributed by atoms with Crippen molar-refractivity contribution in [3.8, 4) is 0 Å². The Morgan fingerprint density at radius 2 is 2.45 bits per heavy atom. The average molecular weight is 218 g/mol. The molecule has 60 valence electrons. The van der Waals surface area contributed by atoms with Crippen LogP contribution in [0.5, 0.6) is 0 Å². The lowest BCUT2D eigenvalue weighted by molar-refractivity contribution is 0.320. The Morgan fingerprint density at radius 1 is 1.73 bits per heavy atom. The topological polar surface area (TPSA) is 45.7 Å². The van der Waals surface area contributed by atoms with Gasteiger partial charge in [0, 0.05) is 6.42 Å². The quantitative estimate of drug-likeness (QED) is 0.470. The molecule has 1 rings (SSSR count). The van der Waals surface area contributed by atoms with Crippen LogP contribution >= 0.6 is 15.9 Å². The Bertz CT molecular complexity index is 267. The first-order valence-electron chi connectivity index (χ1n) is 3.24. The van der Waals surface area contributed by atoms with Crippen LogP contribution in [0.2, 0.25) is 0 Å². The van der Waals surface area contributed by atoms with Gasteiger partial charge in [-0.05, 0) is 28.1 Å². The lowest BCUT2D eigenvalue weighted by Gasteiger charge is -1.88. The molecule has 0 bridgehead atoms. The molecule has 0 aliphatic rings. The van der Waals surface area contributed by atoms with Crippen LogP contribution in [-0.2, 0) is 6.42 Å². The molecule has 0 saturated carbocycles. The van der Waals surface area contributed by atoms with Gasteiger partial charge in [0.2, 0.25) is 0 Å². The molecule has 0 aromatic carbocycles. The number of hydrogen-bond acceptors (Lipinski definition) is 3. The second-order valence-electron chi connectivity index (χ2n) is 2.01. The van der Waals surface area contributed by atoms with Crippen molar-refractivity contribution in [2.24, 2.45) is 5.16 Å². The summed E-state index contributed by atoms with van der Waals surface area (Å²) >= 11 is 3.03. The van der Waals surface area contributed by atoms with Gasteiger partial charge in [-0.15, -0.1) is 0 Å². The maximum atomic E-state index is 8.35. The minimum atomic E-state index is 0.317. The van der Waals surface area contributed by atoms with E-state index in [9.17, 15) is 0 Å². The van der Waals surface area contributed by atoms with E-state index in [0.717, 1.165) is 12.2 Å². The minimum Gasteiger partial charge on any atom is -0.459 e. The molecule has 0 unspecified atom stereocenters. The SMILES string of the molecule is CCc1ccc(/C(Br)=N/O)o1. The standard InChI is InChI=1S/C7H8BrNO2/c1-2-5-3-4-6(11-5)7(8)9-10/h3-4,10H,2H2,1H3/b9-7-. The molecule has 1 heterocycles. The lowest BCUT2D eigenvalue weighted by Crippen LogP contribution is -1.85. The molecular formula is C7H8BrNO2. The predicted octanol–water partition coefficient (Wildman–Crippen LogP) is 2.37. The summed E-state index contributed by atoms with van der Waals surface area (Å²) in [6, 6.07) is 3.60. The van der Waals surface area contributed by atoms with E-state index in [0.29, 0.717) is 10.4 Å². The van der Waals surface area contributed by atoms with Crippen LogP contribution in [0, 0.1) is 0 Å². The molecule has 0 amide bonds. The Balaban J connectivity index is 2.89. The maximum absolute atomic E-state index is 8.35. The third-order valence-corrected chi connectivity index (χ3v) is 1.85. The molecule has 4 heteroatoms. The van der Waals surface area contributed by atoms with Gasteiger partial charge in [0.1, 0.15) is 5.76 Å². The van der Waals surface area contributed by atoms with Crippen molar-refractivity contribution in [3.05, 3.63) is 23.7 Å². The molecule has 0 aliphatic carbocycles. The molecule has 0 aliphatic heterocycles. The zero-order chi connectivity index (χ0) is 8.27. The lowest BCUT2D eigenvalue weighted by atomic mass is 10.4. The number of halogens is 1. The van der Waals surface area contributed by atoms with Crippen LogP contribution in [0.3, 0.4) is 0 Å². The molecule has 0 radical (unpaired) electrons. The molecular weight excluding hydrogens is 210 g/mol. The fourth-order valence-electron chi connectivity index (χ4n) is 0.728. The summed E-state index contributed by atoms with van der Waals surface area (Å²) in [6.07, 6.45) is 0.839. The van der Waals surface area contributed by atoms with Crippen molar-refractivity contribution in [2.45, 2.75) is 13.3 Å². The Hall–Kier alpha value is -0.770. The van der Waals surface area contributed by atoms with Crippen LogP contribution in [0.1, 0.15) is 18.4 Å². The summed E-state index contributed by atoms with van der Waals surface area (Å²) in [7, 11) is 0. The Labute approximate surface area is 72.8 Å². The van der Waals surface area contributed by atoms with Gasteiger partial charge in [-0.2, -0.15) is 0 Å². The first-order valence-corrected chi connectivity index (χ1v) is 4.04. The van der Waals surface area contributed by atoms with Crippen molar-refractivity contribution in [1.82, 2.24) is 0 Å². The van der Waals surface area contributed by atoms with E-state index < -0.39 is 0 Å². The van der Waals surface area contributed by atoms with Crippen molar-refractivity contribution >= 4 is 20.6 Å². The fraction of sp³-hybridized carbons (Fsp3) is 0.286. The van der Waals surface area contributed by atoms with E-state index in [-0.39, 0.29) is 0 Å². The zero-order valence-corrected chi connectivity index (χ0v) is 7.63. The van der Waals surface area contributed by atoms with Crippen LogP contribution < -0.4 is 0 Å². The Morgan fingerprint density at radius 3 is 2.91 bits per heavy atom. The highest BCUT2D eigenvalue weighted by Gasteiger charge is 2.04. The number of nitrogens with zero attached hydrogens (tertiary/aromatic N) is 1. The molecule has 0 saturated heterocycles. The van der Waals surface area contributed by atoms with Gasteiger partial charge >= 0.3 is 0 Å². The highest BCUT2D eigenvalue weighted by molar-refractivity contribution is 9.18. The molecule has 0 fully saturated rings. The smallest absolute Gasteiger partial charge is 0.187 e. The third kappa shape index (κ3) is 1.83. The summed E-state index contributed by atoms with van der Waals surface area (Å²) in [5.41, 5.74) is 0. The summed E-state index contributed by atoms with van der Waals surface area (Å²) in [5, 5.41) is 11.3. The number of oxime groups is 1. The highest BCUT2D eigenvalue weighted by Crippen LogP contribution is 2.12. The third-order valence-electron chi connectivity index (χ3n) is 1.30. The van der Waals surface area contributed by atoms with Crippen molar-refractivity contribution in [2.75, 3.05) is 0 Å². The number of furan rings is 1. The monoisotopic (exact) mass is 217 g/mol. The molecule has 0 atom stereocenters. The minimum absolute atomic E-state index is 0.317. The van der Waals surface area contributed by atoms with E-state index in [1.807, 2.05) is 13.0 Å². The van der Waals surface area contributed by atoms with E-state index in [2.05, 4.69) is 21.1 Å². The van der Waals surface area contributed by atoms with E-state index in [1.165, 1.54) is 0 Å². The zero-order valence-electron chi connectivity index (χ0n) is 6.04. The highest BCUT2D eigenvalue weighted by atomic mass is 79.9. The van der Waals surface area contributed by atoms with Gasteiger partial charge in [-0.3, -0.25) is 0 Å². The van der Waals surface area contributed by atoms with Crippen molar-refractivity contribution in [3.63, 3.8) is 0 Å². The van der Waals surface area contributed by atoms with E-state index in [1.54, 1.807) is 6.07 Å². The van der Waals surface area contributed by atoms with Gasteiger partial charge in [0.15, 0.2) is 10.4 Å². The summed E-state index contributed by atoms with van der Waals surface area (Å²) in [6.45, 7) is 1.99. The number of hydrogen-bond donors (Lipinski definition) is 1. The van der Waals surface area contributed by atoms with Gasteiger partial charge in [-0.25, -0.2) is 0 Å². The fourth-order valence-corrected chi connectivity index (χ4v) is 0.941. The van der Waals surface area contributed by atoms with Crippen LogP contribution in [0.15, 0.2) is 21.7 Å². The average Bonchev–Trinajstić information content (AvgIpc) is 2.50. The Kier molecular flexibility index (Phi) is 2.70.